The van der Waals surface area contributed by atoms with Crippen LogP contribution in [0.4, 0.5) is 11.4 Å². The van der Waals surface area contributed by atoms with Crippen molar-refractivity contribution in [3.63, 3.8) is 0 Å². The zero-order valence-electron chi connectivity index (χ0n) is 21.8. The Morgan fingerprint density at radius 2 is 1.58 bits per heavy atom. The Hall–Kier alpha value is -4.38. The molecular formula is C27H30N4O6S. The number of rotatable bonds is 10. The lowest BCUT2D eigenvalue weighted by Gasteiger charge is -2.25. The number of sulfonamides is 1. The van der Waals surface area contributed by atoms with Crippen molar-refractivity contribution in [2.24, 2.45) is 5.10 Å². The van der Waals surface area contributed by atoms with Crippen LogP contribution in [0.5, 0.6) is 11.5 Å². The van der Waals surface area contributed by atoms with Gasteiger partial charge >= 0.3 is 0 Å². The lowest BCUT2D eigenvalue weighted by atomic mass is 10.1. The normalized spacial score (nSPS) is 11.4. The van der Waals surface area contributed by atoms with Gasteiger partial charge in [0.2, 0.25) is 5.91 Å². The Bertz CT molecular complexity index is 1440. The van der Waals surface area contributed by atoms with E-state index in [2.05, 4.69) is 15.8 Å². The molecule has 10 nitrogen and oxygen atoms in total. The molecule has 2 amide bonds. The van der Waals surface area contributed by atoms with Gasteiger partial charge in [0.15, 0.2) is 0 Å². The maximum absolute atomic E-state index is 13.7. The minimum Gasteiger partial charge on any atom is -0.497 e. The van der Waals surface area contributed by atoms with Crippen LogP contribution in [0, 0.1) is 6.92 Å². The second-order valence-corrected chi connectivity index (χ2v) is 10.2. The lowest BCUT2D eigenvalue weighted by molar-refractivity contribution is -0.119. The van der Waals surface area contributed by atoms with E-state index in [-0.39, 0.29) is 22.2 Å². The highest BCUT2D eigenvalue weighted by Gasteiger charge is 2.29. The van der Waals surface area contributed by atoms with Crippen LogP contribution >= 0.6 is 0 Å². The predicted octanol–water partition coefficient (Wildman–Crippen LogP) is 3.71. The average molecular weight is 539 g/mol. The Morgan fingerprint density at radius 3 is 2.16 bits per heavy atom. The minimum atomic E-state index is -4.15. The van der Waals surface area contributed by atoms with E-state index < -0.39 is 22.5 Å². The molecule has 3 aromatic carbocycles. The first kappa shape index (κ1) is 28.2. The number of nitrogens with one attached hydrogen (secondary N) is 2. The van der Waals surface area contributed by atoms with Gasteiger partial charge in [-0.15, -0.1) is 0 Å². The van der Waals surface area contributed by atoms with Gasteiger partial charge in [0.25, 0.3) is 15.9 Å². The van der Waals surface area contributed by atoms with Gasteiger partial charge in [0.1, 0.15) is 18.0 Å². The number of aryl methyl sites for hydroxylation is 1. The summed E-state index contributed by atoms with van der Waals surface area (Å²) >= 11 is 0. The summed E-state index contributed by atoms with van der Waals surface area (Å²) < 4.78 is 38.9. The molecule has 0 saturated carbocycles. The molecule has 0 heterocycles. The second-order valence-electron chi connectivity index (χ2n) is 8.35. The van der Waals surface area contributed by atoms with Crippen molar-refractivity contribution in [2.75, 3.05) is 30.4 Å². The highest BCUT2D eigenvalue weighted by molar-refractivity contribution is 7.92. The Balaban J connectivity index is 1.90. The van der Waals surface area contributed by atoms with E-state index in [1.165, 1.54) is 45.4 Å². The summed E-state index contributed by atoms with van der Waals surface area (Å²) in [5.41, 5.74) is 5.31. The number of anilines is 2. The van der Waals surface area contributed by atoms with Crippen LogP contribution in [-0.4, -0.2) is 46.7 Å². The molecule has 0 aliphatic rings. The Labute approximate surface area is 222 Å². The van der Waals surface area contributed by atoms with E-state index in [1.54, 1.807) is 49.4 Å². The molecule has 11 heteroatoms. The van der Waals surface area contributed by atoms with Crippen molar-refractivity contribution in [1.29, 1.82) is 0 Å². The van der Waals surface area contributed by atoms with Gasteiger partial charge in [-0.25, -0.2) is 13.8 Å². The van der Waals surface area contributed by atoms with Crippen molar-refractivity contribution in [3.05, 3.63) is 77.9 Å². The maximum Gasteiger partial charge on any atom is 0.264 e. The molecule has 0 fully saturated rings. The van der Waals surface area contributed by atoms with Crippen LogP contribution in [0.3, 0.4) is 0 Å². The van der Waals surface area contributed by atoms with Crippen molar-refractivity contribution in [2.45, 2.75) is 25.7 Å². The van der Waals surface area contributed by atoms with Crippen molar-refractivity contribution in [3.8, 4) is 11.5 Å². The zero-order valence-corrected chi connectivity index (χ0v) is 22.6. The number of methoxy groups -OCH3 is 2. The summed E-state index contributed by atoms with van der Waals surface area (Å²) in [6, 6.07) is 17.9. The van der Waals surface area contributed by atoms with Gasteiger partial charge < -0.3 is 14.8 Å². The molecule has 3 rings (SSSR count). The smallest absolute Gasteiger partial charge is 0.264 e. The van der Waals surface area contributed by atoms with Gasteiger partial charge in [0.05, 0.1) is 30.5 Å². The molecule has 0 saturated heterocycles. The third-order valence-corrected chi connectivity index (χ3v) is 7.30. The summed E-state index contributed by atoms with van der Waals surface area (Å²) in [6.07, 6.45) is 0. The molecule has 0 atom stereocenters. The molecule has 0 aliphatic carbocycles. The number of amides is 2. The number of carbonyl (C=O) groups is 2. The van der Waals surface area contributed by atoms with Gasteiger partial charge in [-0.1, -0.05) is 29.8 Å². The largest absolute Gasteiger partial charge is 0.497 e. The topological polar surface area (TPSA) is 126 Å². The second kappa shape index (κ2) is 12.2. The minimum absolute atomic E-state index is 0.0210. The number of hydrogen-bond donors (Lipinski definition) is 2. The fraction of sp³-hybridized carbons (Fsp3) is 0.222. The quantitative estimate of drug-likeness (QED) is 0.299. The van der Waals surface area contributed by atoms with Gasteiger partial charge in [-0.05, 0) is 55.8 Å². The number of nitrogens with zero attached hydrogens (tertiary/aromatic N) is 2. The van der Waals surface area contributed by atoms with E-state index in [0.29, 0.717) is 22.7 Å². The summed E-state index contributed by atoms with van der Waals surface area (Å²) in [4.78, 5) is 24.2. The molecule has 38 heavy (non-hydrogen) atoms. The molecule has 0 aliphatic heterocycles. The third kappa shape index (κ3) is 6.88. The molecule has 3 aromatic rings. The van der Waals surface area contributed by atoms with Crippen LogP contribution in [0.1, 0.15) is 25.0 Å². The first-order valence-electron chi connectivity index (χ1n) is 11.6. The van der Waals surface area contributed by atoms with E-state index >= 15 is 0 Å². The standard InChI is InChI=1S/C27H30N4O6S/c1-18-6-13-24(14-7-18)38(34,35)31(25-15-12-23(36-4)16-26(25)37-5)17-27(33)30-29-19(2)21-8-10-22(11-9-21)28-20(3)32/h6-16H,17H2,1-5H3,(H,28,32)(H,30,33)/b29-19-. The van der Waals surface area contributed by atoms with Crippen LogP contribution < -0.4 is 24.5 Å². The average Bonchev–Trinajstić information content (AvgIpc) is 2.90. The van der Waals surface area contributed by atoms with E-state index in [0.717, 1.165) is 9.87 Å². The van der Waals surface area contributed by atoms with Crippen LogP contribution in [-0.2, 0) is 19.6 Å². The fourth-order valence-corrected chi connectivity index (χ4v) is 4.93. The molecule has 200 valence electrons. The Kier molecular flexibility index (Phi) is 9.08. The lowest BCUT2D eigenvalue weighted by Crippen LogP contribution is -2.40. The van der Waals surface area contributed by atoms with Crippen molar-refractivity contribution in [1.82, 2.24) is 5.43 Å². The molecule has 2 N–H and O–H groups in total. The zero-order chi connectivity index (χ0) is 27.9. The number of hydrogen-bond acceptors (Lipinski definition) is 7. The molecule has 0 bridgehead atoms. The molecular weight excluding hydrogens is 508 g/mol. The van der Waals surface area contributed by atoms with Crippen LogP contribution in [0.25, 0.3) is 0 Å². The first-order chi connectivity index (χ1) is 18.0. The number of ether oxygens (including phenoxy) is 2. The van der Waals surface area contributed by atoms with Crippen LogP contribution in [0.2, 0.25) is 0 Å². The first-order valence-corrected chi connectivity index (χ1v) is 13.0. The molecule has 0 radical (unpaired) electrons. The highest BCUT2D eigenvalue weighted by atomic mass is 32.2. The monoisotopic (exact) mass is 538 g/mol. The van der Waals surface area contributed by atoms with E-state index in [4.69, 9.17) is 9.47 Å². The van der Waals surface area contributed by atoms with E-state index in [9.17, 15) is 18.0 Å². The molecule has 0 spiro atoms. The summed E-state index contributed by atoms with van der Waals surface area (Å²) in [5, 5.41) is 6.80. The van der Waals surface area contributed by atoms with Crippen molar-refractivity contribution < 1.29 is 27.5 Å². The van der Waals surface area contributed by atoms with Gasteiger partial charge in [0, 0.05) is 18.7 Å². The van der Waals surface area contributed by atoms with Gasteiger partial charge in [-0.2, -0.15) is 5.10 Å². The summed E-state index contributed by atoms with van der Waals surface area (Å²) in [7, 11) is -1.27. The number of benzene rings is 3. The third-order valence-electron chi connectivity index (χ3n) is 5.52. The SMILES string of the molecule is COc1ccc(N(CC(=O)N/N=C(/C)c2ccc(NC(C)=O)cc2)S(=O)(=O)c2ccc(C)cc2)c(OC)c1. The van der Waals surface area contributed by atoms with Crippen molar-refractivity contribution >= 4 is 38.9 Å². The number of carbonyl (C=O) groups excluding carboxylic acids is 2. The molecule has 0 aromatic heterocycles. The Morgan fingerprint density at radius 1 is 0.921 bits per heavy atom. The van der Waals surface area contributed by atoms with Gasteiger partial charge in [-0.3, -0.25) is 13.9 Å². The predicted molar refractivity (Wildman–Crippen MR) is 146 cm³/mol. The van der Waals surface area contributed by atoms with Crippen LogP contribution in [0.15, 0.2) is 76.7 Å². The fourth-order valence-electron chi connectivity index (χ4n) is 3.50. The summed E-state index contributed by atoms with van der Waals surface area (Å²) in [5.74, 6) is -0.166. The summed E-state index contributed by atoms with van der Waals surface area (Å²) in [6.45, 7) is 4.40. The number of hydrazone groups is 1. The highest BCUT2D eigenvalue weighted by Crippen LogP contribution is 2.35. The van der Waals surface area contributed by atoms with E-state index in [1.807, 2.05) is 6.92 Å². The molecule has 0 unspecified atom stereocenters. The maximum atomic E-state index is 13.7.